The van der Waals surface area contributed by atoms with Crippen LogP contribution in [0, 0.1) is 5.82 Å². The van der Waals surface area contributed by atoms with E-state index in [1.165, 1.54) is 17.5 Å². The summed E-state index contributed by atoms with van der Waals surface area (Å²) in [5, 5.41) is 0.0687. The second kappa shape index (κ2) is 11.0. The zero-order valence-electron chi connectivity index (χ0n) is 17.3. The maximum atomic E-state index is 13.6. The molecule has 9 heteroatoms. The molecule has 168 valence electrons. The number of carbonyl (C=O) groups excluding carboxylic acids is 1. The molecule has 1 heterocycles. The van der Waals surface area contributed by atoms with Crippen LogP contribution in [0.15, 0.2) is 42.5 Å². The van der Waals surface area contributed by atoms with E-state index in [4.69, 9.17) is 11.6 Å². The number of hydrogen-bond acceptors (Lipinski definition) is 5. The van der Waals surface area contributed by atoms with Crippen molar-refractivity contribution in [3.63, 3.8) is 0 Å². The van der Waals surface area contributed by atoms with Gasteiger partial charge in [-0.3, -0.25) is 4.90 Å². The predicted octanol–water partition coefficient (Wildman–Crippen LogP) is 3.82. The summed E-state index contributed by atoms with van der Waals surface area (Å²) in [6.07, 6.45) is 2.72. The van der Waals surface area contributed by atoms with E-state index in [0.717, 1.165) is 37.1 Å². The first-order valence-electron chi connectivity index (χ1n) is 10.1. The van der Waals surface area contributed by atoms with E-state index in [1.807, 2.05) is 0 Å². The fourth-order valence-electron chi connectivity index (χ4n) is 3.90. The number of rotatable bonds is 9. The van der Waals surface area contributed by atoms with Gasteiger partial charge in [0.25, 0.3) is 0 Å². The van der Waals surface area contributed by atoms with Gasteiger partial charge in [0.05, 0.1) is 17.7 Å². The quantitative estimate of drug-likeness (QED) is 0.447. The SMILES string of the molecule is COC(=O)c1ccc(CN(CCC(c2ccc(F)c(Cl)c2)N2CCCC2)[SH](=O)=O)cc1. The lowest BCUT2D eigenvalue weighted by Crippen LogP contribution is -2.30. The third-order valence-corrected chi connectivity index (χ3v) is 6.63. The monoisotopic (exact) mass is 468 g/mol. The van der Waals surface area contributed by atoms with E-state index in [-0.39, 0.29) is 17.6 Å². The summed E-state index contributed by atoms with van der Waals surface area (Å²) in [4.78, 5) is 13.9. The van der Waals surface area contributed by atoms with Crippen LogP contribution in [0.4, 0.5) is 4.39 Å². The summed E-state index contributed by atoms with van der Waals surface area (Å²) < 4.78 is 43.5. The Morgan fingerprint density at radius 3 is 2.45 bits per heavy atom. The first-order chi connectivity index (χ1) is 14.9. The van der Waals surface area contributed by atoms with Gasteiger partial charge >= 0.3 is 5.97 Å². The van der Waals surface area contributed by atoms with Crippen molar-refractivity contribution in [2.75, 3.05) is 26.7 Å². The van der Waals surface area contributed by atoms with Crippen molar-refractivity contribution in [3.8, 4) is 0 Å². The van der Waals surface area contributed by atoms with E-state index in [9.17, 15) is 17.6 Å². The van der Waals surface area contributed by atoms with E-state index >= 15 is 0 Å². The van der Waals surface area contributed by atoms with Crippen LogP contribution in [-0.2, 0) is 22.2 Å². The summed E-state index contributed by atoms with van der Waals surface area (Å²) in [6.45, 7) is 2.35. The Hall–Kier alpha value is -2.00. The number of methoxy groups -OCH3 is 1. The molecule has 3 rings (SSSR count). The molecule has 1 aliphatic rings. The van der Waals surface area contributed by atoms with Gasteiger partial charge in [0.1, 0.15) is 5.82 Å². The molecule has 31 heavy (non-hydrogen) atoms. The van der Waals surface area contributed by atoms with Crippen molar-refractivity contribution >= 4 is 28.5 Å². The van der Waals surface area contributed by atoms with Gasteiger partial charge in [0.2, 0.25) is 10.9 Å². The Morgan fingerprint density at radius 2 is 1.87 bits per heavy atom. The van der Waals surface area contributed by atoms with Crippen LogP contribution in [0.5, 0.6) is 0 Å². The molecule has 1 fully saturated rings. The molecule has 0 aromatic heterocycles. The van der Waals surface area contributed by atoms with Crippen LogP contribution in [0.3, 0.4) is 0 Å². The van der Waals surface area contributed by atoms with Crippen LogP contribution >= 0.6 is 11.6 Å². The van der Waals surface area contributed by atoms with Crippen LogP contribution in [0.1, 0.15) is 46.8 Å². The third-order valence-electron chi connectivity index (χ3n) is 5.54. The lowest BCUT2D eigenvalue weighted by atomic mass is 10.0. The Bertz CT molecular complexity index is 970. The smallest absolute Gasteiger partial charge is 0.337 e. The van der Waals surface area contributed by atoms with Crippen LogP contribution < -0.4 is 0 Å². The molecule has 1 aliphatic heterocycles. The molecule has 6 nitrogen and oxygen atoms in total. The molecular formula is C22H26ClFN2O4S. The summed E-state index contributed by atoms with van der Waals surface area (Å²) in [6, 6.07) is 11.3. The molecule has 1 unspecified atom stereocenters. The van der Waals surface area contributed by atoms with Crippen LogP contribution in [0.25, 0.3) is 0 Å². The minimum atomic E-state index is -2.80. The van der Waals surface area contributed by atoms with Crippen molar-refractivity contribution in [1.82, 2.24) is 9.21 Å². The van der Waals surface area contributed by atoms with Gasteiger partial charge in [-0.05, 0) is 67.7 Å². The normalized spacial score (nSPS) is 15.5. The molecule has 0 amide bonds. The van der Waals surface area contributed by atoms with Crippen molar-refractivity contribution < 1.29 is 22.3 Å². The average Bonchev–Trinajstić information content (AvgIpc) is 3.29. The second-order valence-electron chi connectivity index (χ2n) is 7.54. The van der Waals surface area contributed by atoms with E-state index in [1.54, 1.807) is 36.4 Å². The molecule has 0 saturated carbocycles. The van der Waals surface area contributed by atoms with Gasteiger partial charge in [0, 0.05) is 19.1 Å². The van der Waals surface area contributed by atoms with Gasteiger partial charge in [0.15, 0.2) is 0 Å². The Kier molecular flexibility index (Phi) is 8.43. The standard InChI is InChI=1S/C22H26ClFN2O4S/c1-30-22(27)17-6-4-16(5-7-17)15-26(31(28)29)13-10-21(25-11-2-3-12-25)18-8-9-20(24)19(23)14-18/h4-9,14,21,31H,2-3,10-13,15H2,1H3. The highest BCUT2D eigenvalue weighted by Gasteiger charge is 2.25. The molecular weight excluding hydrogens is 443 g/mol. The summed E-state index contributed by atoms with van der Waals surface area (Å²) in [7, 11) is -1.49. The molecule has 1 atom stereocenters. The van der Waals surface area contributed by atoms with Crippen molar-refractivity contribution in [1.29, 1.82) is 0 Å². The number of ether oxygens (including phenoxy) is 1. The topological polar surface area (TPSA) is 66.9 Å². The van der Waals surface area contributed by atoms with Crippen molar-refractivity contribution in [3.05, 3.63) is 70.0 Å². The number of carbonyl (C=O) groups is 1. The first-order valence-corrected chi connectivity index (χ1v) is 11.7. The van der Waals surface area contributed by atoms with Crippen LogP contribution in [0.2, 0.25) is 5.02 Å². The first kappa shape index (κ1) is 23.7. The Morgan fingerprint density at radius 1 is 1.19 bits per heavy atom. The minimum absolute atomic E-state index is 0.0419. The molecule has 2 aromatic carbocycles. The molecule has 0 bridgehead atoms. The van der Waals surface area contributed by atoms with E-state index < -0.39 is 22.7 Å². The van der Waals surface area contributed by atoms with Gasteiger partial charge < -0.3 is 4.74 Å². The minimum Gasteiger partial charge on any atom is -0.465 e. The molecule has 0 aliphatic carbocycles. The largest absolute Gasteiger partial charge is 0.465 e. The molecule has 0 radical (unpaired) electrons. The maximum absolute atomic E-state index is 13.6. The number of halogens is 2. The lowest BCUT2D eigenvalue weighted by Gasteiger charge is -2.29. The third kappa shape index (κ3) is 6.26. The van der Waals surface area contributed by atoms with Crippen LogP contribution in [-0.4, -0.2) is 50.3 Å². The maximum Gasteiger partial charge on any atom is 0.337 e. The number of thiol groups is 1. The summed E-state index contributed by atoms with van der Waals surface area (Å²) in [5.74, 6) is -0.907. The number of esters is 1. The number of nitrogens with zero attached hydrogens (tertiary/aromatic N) is 2. The molecule has 1 saturated heterocycles. The fourth-order valence-corrected chi connectivity index (χ4v) is 4.64. The van der Waals surface area contributed by atoms with E-state index in [0.29, 0.717) is 18.5 Å². The number of hydrogen-bond donors (Lipinski definition) is 1. The summed E-state index contributed by atoms with van der Waals surface area (Å²) in [5.41, 5.74) is 2.07. The number of benzene rings is 2. The molecule has 0 spiro atoms. The molecule has 2 aromatic rings. The lowest BCUT2D eigenvalue weighted by molar-refractivity contribution is 0.0600. The van der Waals surface area contributed by atoms with Crippen molar-refractivity contribution in [2.24, 2.45) is 0 Å². The average molecular weight is 469 g/mol. The van der Waals surface area contributed by atoms with Gasteiger partial charge in [-0.1, -0.05) is 29.8 Å². The highest BCUT2D eigenvalue weighted by molar-refractivity contribution is 7.69. The van der Waals surface area contributed by atoms with Gasteiger partial charge in [-0.15, -0.1) is 0 Å². The number of likely N-dealkylation sites (tertiary alicyclic amines) is 1. The fraction of sp³-hybridized carbons (Fsp3) is 0.409. The van der Waals surface area contributed by atoms with E-state index in [2.05, 4.69) is 9.64 Å². The molecule has 0 N–H and O–H groups in total. The van der Waals surface area contributed by atoms with Gasteiger partial charge in [-0.2, -0.15) is 4.31 Å². The zero-order valence-corrected chi connectivity index (χ0v) is 18.9. The highest BCUT2D eigenvalue weighted by Crippen LogP contribution is 2.31. The highest BCUT2D eigenvalue weighted by atomic mass is 35.5. The predicted molar refractivity (Wildman–Crippen MR) is 118 cm³/mol. The summed E-state index contributed by atoms with van der Waals surface area (Å²) >= 11 is 6.00. The second-order valence-corrected chi connectivity index (χ2v) is 8.98. The van der Waals surface area contributed by atoms with Crippen molar-refractivity contribution in [2.45, 2.75) is 31.8 Å². The Balaban J connectivity index is 1.72. The van der Waals surface area contributed by atoms with Gasteiger partial charge in [-0.25, -0.2) is 17.6 Å². The Labute approximate surface area is 188 Å². The zero-order chi connectivity index (χ0) is 22.4.